The highest BCUT2D eigenvalue weighted by atomic mass is 16.5. The average Bonchev–Trinajstić information content (AvgIpc) is 3.28. The number of likely N-dealkylation sites (tertiary alicyclic amines) is 1. The van der Waals surface area contributed by atoms with Gasteiger partial charge in [0.1, 0.15) is 11.5 Å². The van der Waals surface area contributed by atoms with Crippen molar-refractivity contribution >= 4 is 0 Å². The Kier molecular flexibility index (Phi) is 6.80. The molecule has 0 bridgehead atoms. The van der Waals surface area contributed by atoms with Gasteiger partial charge < -0.3 is 9.47 Å². The smallest absolute Gasteiger partial charge is 0.122 e. The van der Waals surface area contributed by atoms with Gasteiger partial charge in [0.15, 0.2) is 0 Å². The first-order valence-electron chi connectivity index (χ1n) is 11.5. The Bertz CT molecular complexity index is 1080. The Morgan fingerprint density at radius 3 is 2.53 bits per heavy atom. The first-order chi connectivity index (χ1) is 15.5. The van der Waals surface area contributed by atoms with Crippen molar-refractivity contribution in [3.8, 4) is 11.5 Å². The Morgan fingerprint density at radius 2 is 1.81 bits per heavy atom. The summed E-state index contributed by atoms with van der Waals surface area (Å²) in [6.45, 7) is 8.64. The molecule has 2 heterocycles. The summed E-state index contributed by atoms with van der Waals surface area (Å²) >= 11 is 0. The molecule has 4 nitrogen and oxygen atoms in total. The van der Waals surface area contributed by atoms with Crippen LogP contribution < -0.4 is 9.47 Å². The van der Waals surface area contributed by atoms with Crippen molar-refractivity contribution < 1.29 is 9.47 Å². The normalized spacial score (nSPS) is 16.3. The van der Waals surface area contributed by atoms with E-state index in [2.05, 4.69) is 56.0 Å². The molecule has 1 aromatic heterocycles. The standard InChI is InChI=1S/C28H34N2O2/c1-19-14-28(32-5)21(3)20(2)25(19)18-30-13-7-10-27(30)26-12-11-23(17-29-26)15-22-8-6-9-24(16-22)31-4/h6,8-9,11-12,14,16-17,27H,7,10,13,15,18H2,1-5H3. The first-order valence-corrected chi connectivity index (χ1v) is 11.5. The highest BCUT2D eigenvalue weighted by molar-refractivity contribution is 5.48. The SMILES string of the molecule is COc1cccc(Cc2ccc(C3CCCN3Cc3c(C)cc(OC)c(C)c3C)nc2)c1. The number of pyridine rings is 1. The van der Waals surface area contributed by atoms with Gasteiger partial charge in [0, 0.05) is 12.7 Å². The van der Waals surface area contributed by atoms with Crippen LogP contribution in [0.25, 0.3) is 0 Å². The number of hydrogen-bond acceptors (Lipinski definition) is 4. The van der Waals surface area contributed by atoms with Crippen LogP contribution in [-0.2, 0) is 13.0 Å². The average molecular weight is 431 g/mol. The second kappa shape index (κ2) is 9.74. The molecular formula is C28H34N2O2. The van der Waals surface area contributed by atoms with Gasteiger partial charge in [-0.3, -0.25) is 9.88 Å². The van der Waals surface area contributed by atoms with Crippen LogP contribution in [0.4, 0.5) is 0 Å². The zero-order valence-corrected chi connectivity index (χ0v) is 19.9. The molecule has 0 N–H and O–H groups in total. The van der Waals surface area contributed by atoms with Crippen molar-refractivity contribution in [1.82, 2.24) is 9.88 Å². The topological polar surface area (TPSA) is 34.6 Å². The fourth-order valence-corrected chi connectivity index (χ4v) is 4.86. The molecule has 32 heavy (non-hydrogen) atoms. The number of nitrogens with zero attached hydrogens (tertiary/aromatic N) is 2. The monoisotopic (exact) mass is 430 g/mol. The number of benzene rings is 2. The Balaban J connectivity index is 1.50. The van der Waals surface area contributed by atoms with Gasteiger partial charge in [-0.15, -0.1) is 0 Å². The van der Waals surface area contributed by atoms with Crippen LogP contribution in [0.5, 0.6) is 11.5 Å². The van der Waals surface area contributed by atoms with Crippen molar-refractivity contribution in [2.75, 3.05) is 20.8 Å². The van der Waals surface area contributed by atoms with Crippen LogP contribution in [0.1, 0.15) is 58.0 Å². The van der Waals surface area contributed by atoms with Crippen LogP contribution in [-0.4, -0.2) is 30.6 Å². The van der Waals surface area contributed by atoms with Crippen molar-refractivity contribution in [1.29, 1.82) is 0 Å². The number of aromatic nitrogens is 1. The van der Waals surface area contributed by atoms with E-state index in [0.29, 0.717) is 6.04 Å². The fourth-order valence-electron chi connectivity index (χ4n) is 4.86. The lowest BCUT2D eigenvalue weighted by atomic mass is 9.96. The zero-order chi connectivity index (χ0) is 22.7. The summed E-state index contributed by atoms with van der Waals surface area (Å²) in [6.07, 6.45) is 5.28. The van der Waals surface area contributed by atoms with E-state index in [0.717, 1.165) is 37.4 Å². The summed E-state index contributed by atoms with van der Waals surface area (Å²) in [6, 6.07) is 15.2. The summed E-state index contributed by atoms with van der Waals surface area (Å²) in [5, 5.41) is 0. The van der Waals surface area contributed by atoms with Crippen LogP contribution in [0, 0.1) is 20.8 Å². The van der Waals surface area contributed by atoms with E-state index < -0.39 is 0 Å². The summed E-state index contributed by atoms with van der Waals surface area (Å²) in [4.78, 5) is 7.48. The number of methoxy groups -OCH3 is 2. The maximum Gasteiger partial charge on any atom is 0.122 e. The fraction of sp³-hybridized carbons (Fsp3) is 0.393. The van der Waals surface area contributed by atoms with E-state index in [1.54, 1.807) is 14.2 Å². The largest absolute Gasteiger partial charge is 0.497 e. The maximum atomic E-state index is 5.56. The van der Waals surface area contributed by atoms with Gasteiger partial charge in [0.25, 0.3) is 0 Å². The molecule has 4 heteroatoms. The Labute approximate surface area is 192 Å². The third-order valence-corrected chi connectivity index (χ3v) is 6.88. The van der Waals surface area contributed by atoms with Crippen molar-refractivity contribution in [2.45, 2.75) is 52.6 Å². The van der Waals surface area contributed by atoms with E-state index in [-0.39, 0.29) is 0 Å². The molecule has 0 radical (unpaired) electrons. The van der Waals surface area contributed by atoms with Crippen molar-refractivity contribution in [3.05, 3.63) is 87.7 Å². The molecule has 4 rings (SSSR count). The molecular weight excluding hydrogens is 396 g/mol. The molecule has 0 aliphatic carbocycles. The number of aryl methyl sites for hydroxylation is 1. The lowest BCUT2D eigenvalue weighted by Crippen LogP contribution is -2.24. The molecule has 1 aliphatic heterocycles. The van der Waals surface area contributed by atoms with Gasteiger partial charge in [-0.1, -0.05) is 18.2 Å². The van der Waals surface area contributed by atoms with Crippen LogP contribution in [0.15, 0.2) is 48.7 Å². The van der Waals surface area contributed by atoms with Gasteiger partial charge >= 0.3 is 0 Å². The van der Waals surface area contributed by atoms with Gasteiger partial charge in [-0.25, -0.2) is 0 Å². The summed E-state index contributed by atoms with van der Waals surface area (Å²) in [5.74, 6) is 1.88. The molecule has 1 unspecified atom stereocenters. The number of ether oxygens (including phenoxy) is 2. The van der Waals surface area contributed by atoms with E-state index in [1.165, 1.54) is 45.5 Å². The minimum atomic E-state index is 0.377. The summed E-state index contributed by atoms with van der Waals surface area (Å²) < 4.78 is 10.9. The molecule has 2 aromatic carbocycles. The molecule has 0 saturated carbocycles. The molecule has 0 amide bonds. The third kappa shape index (κ3) is 4.66. The minimum Gasteiger partial charge on any atom is -0.497 e. The van der Waals surface area contributed by atoms with E-state index >= 15 is 0 Å². The summed E-state index contributed by atoms with van der Waals surface area (Å²) in [5.41, 5.74) is 8.95. The second-order valence-electron chi connectivity index (χ2n) is 8.87. The lowest BCUT2D eigenvalue weighted by Gasteiger charge is -2.27. The molecule has 1 saturated heterocycles. The van der Waals surface area contributed by atoms with Gasteiger partial charge in [0.05, 0.1) is 26.0 Å². The van der Waals surface area contributed by atoms with Crippen LogP contribution >= 0.6 is 0 Å². The molecule has 1 aliphatic rings. The highest BCUT2D eigenvalue weighted by Gasteiger charge is 2.28. The van der Waals surface area contributed by atoms with E-state index in [1.807, 2.05) is 18.3 Å². The second-order valence-corrected chi connectivity index (χ2v) is 8.87. The summed E-state index contributed by atoms with van der Waals surface area (Å²) in [7, 11) is 3.46. The lowest BCUT2D eigenvalue weighted by molar-refractivity contribution is 0.243. The van der Waals surface area contributed by atoms with E-state index in [9.17, 15) is 0 Å². The van der Waals surface area contributed by atoms with Gasteiger partial charge in [0.2, 0.25) is 0 Å². The van der Waals surface area contributed by atoms with Crippen molar-refractivity contribution in [2.24, 2.45) is 0 Å². The van der Waals surface area contributed by atoms with Crippen LogP contribution in [0.3, 0.4) is 0 Å². The first kappa shape index (κ1) is 22.3. The van der Waals surface area contributed by atoms with E-state index in [4.69, 9.17) is 14.5 Å². The number of hydrogen-bond donors (Lipinski definition) is 0. The molecule has 3 aromatic rings. The maximum absolute atomic E-state index is 5.56. The predicted octanol–water partition coefficient (Wildman–Crippen LogP) is 5.95. The Morgan fingerprint density at radius 1 is 0.969 bits per heavy atom. The Hall–Kier alpha value is -2.85. The molecule has 0 spiro atoms. The highest BCUT2D eigenvalue weighted by Crippen LogP contribution is 2.35. The van der Waals surface area contributed by atoms with Crippen molar-refractivity contribution in [3.63, 3.8) is 0 Å². The number of rotatable bonds is 7. The predicted molar refractivity (Wildman–Crippen MR) is 130 cm³/mol. The minimum absolute atomic E-state index is 0.377. The molecule has 168 valence electrons. The van der Waals surface area contributed by atoms with Crippen LogP contribution in [0.2, 0.25) is 0 Å². The molecule has 1 atom stereocenters. The quantitative estimate of drug-likeness (QED) is 0.464. The third-order valence-electron chi connectivity index (χ3n) is 6.88. The zero-order valence-electron chi connectivity index (χ0n) is 19.9. The van der Waals surface area contributed by atoms with Gasteiger partial charge in [-0.2, -0.15) is 0 Å². The van der Waals surface area contributed by atoms with Gasteiger partial charge in [-0.05, 0) is 104 Å². The molecule has 1 fully saturated rings.